The number of carbonyl (C=O) groups is 2. The zero-order chi connectivity index (χ0) is 15.4. The molecular weight excluding hydrogens is 273 g/mol. The molecule has 114 valence electrons. The van der Waals surface area contributed by atoms with Crippen LogP contribution in [0.3, 0.4) is 0 Å². The van der Waals surface area contributed by atoms with E-state index in [1.54, 1.807) is 12.1 Å². The molecule has 0 radical (unpaired) electrons. The van der Waals surface area contributed by atoms with Crippen molar-refractivity contribution >= 4 is 17.6 Å². The van der Waals surface area contributed by atoms with Crippen LogP contribution in [0.2, 0.25) is 0 Å². The maximum atomic E-state index is 13.2. The number of hydrogen-bond acceptors (Lipinski definition) is 2. The summed E-state index contributed by atoms with van der Waals surface area (Å²) in [6, 6.07) is 5.45. The predicted molar refractivity (Wildman–Crippen MR) is 78.6 cm³/mol. The van der Waals surface area contributed by atoms with Gasteiger partial charge in [-0.1, -0.05) is 13.0 Å². The largest absolute Gasteiger partial charge is 0.336 e. The van der Waals surface area contributed by atoms with Crippen molar-refractivity contribution in [3.8, 4) is 0 Å². The lowest BCUT2D eigenvalue weighted by molar-refractivity contribution is -0.117. The first-order chi connectivity index (χ1) is 9.99. The van der Waals surface area contributed by atoms with Gasteiger partial charge in [-0.25, -0.2) is 9.18 Å². The van der Waals surface area contributed by atoms with E-state index in [9.17, 15) is 14.0 Å². The fourth-order valence-corrected chi connectivity index (χ4v) is 2.25. The Balaban J connectivity index is 1.95. The zero-order valence-electron chi connectivity index (χ0n) is 12.2. The normalized spacial score (nSPS) is 19.5. The smallest absolute Gasteiger partial charge is 0.315 e. The lowest BCUT2D eigenvalue weighted by atomic mass is 10.2. The van der Waals surface area contributed by atoms with Crippen molar-refractivity contribution in [2.24, 2.45) is 0 Å². The Morgan fingerprint density at radius 3 is 2.95 bits per heavy atom. The van der Waals surface area contributed by atoms with Gasteiger partial charge < -0.3 is 15.5 Å². The van der Waals surface area contributed by atoms with Gasteiger partial charge in [-0.05, 0) is 31.5 Å². The summed E-state index contributed by atoms with van der Waals surface area (Å²) in [5.74, 6) is -0.499. The average molecular weight is 293 g/mol. The third kappa shape index (κ3) is 3.93. The monoisotopic (exact) mass is 293 g/mol. The molecule has 2 atom stereocenters. The number of nitrogens with zero attached hydrogens (tertiary/aromatic N) is 1. The molecular formula is C15H20FN3O2. The lowest BCUT2D eigenvalue weighted by Crippen LogP contribution is -2.46. The minimum Gasteiger partial charge on any atom is -0.336 e. The minimum absolute atomic E-state index is 0.0847. The van der Waals surface area contributed by atoms with Gasteiger partial charge in [0.05, 0.1) is 6.04 Å². The lowest BCUT2D eigenvalue weighted by Gasteiger charge is -2.18. The molecule has 0 saturated carbocycles. The van der Waals surface area contributed by atoms with Crippen LogP contribution in [0.15, 0.2) is 24.3 Å². The van der Waals surface area contributed by atoms with Gasteiger partial charge >= 0.3 is 6.03 Å². The van der Waals surface area contributed by atoms with E-state index in [0.29, 0.717) is 12.2 Å². The van der Waals surface area contributed by atoms with Gasteiger partial charge in [0.15, 0.2) is 0 Å². The molecule has 1 saturated heterocycles. The van der Waals surface area contributed by atoms with Crippen LogP contribution in [0.4, 0.5) is 14.9 Å². The van der Waals surface area contributed by atoms with Gasteiger partial charge in [0.25, 0.3) is 0 Å². The van der Waals surface area contributed by atoms with Crippen LogP contribution in [-0.4, -0.2) is 30.6 Å². The molecule has 1 aliphatic heterocycles. The van der Waals surface area contributed by atoms with Crippen LogP contribution in [0.5, 0.6) is 0 Å². The Hall–Kier alpha value is -2.11. The molecule has 21 heavy (non-hydrogen) atoms. The highest BCUT2D eigenvalue weighted by molar-refractivity contribution is 5.96. The molecule has 1 aromatic carbocycles. The molecule has 1 aliphatic rings. The van der Waals surface area contributed by atoms with Crippen LogP contribution < -0.4 is 15.5 Å². The summed E-state index contributed by atoms with van der Waals surface area (Å²) >= 11 is 0. The van der Waals surface area contributed by atoms with Crippen LogP contribution in [-0.2, 0) is 4.79 Å². The van der Waals surface area contributed by atoms with Crippen molar-refractivity contribution in [2.45, 2.75) is 38.8 Å². The summed E-state index contributed by atoms with van der Waals surface area (Å²) in [4.78, 5) is 25.2. The Morgan fingerprint density at radius 2 is 2.29 bits per heavy atom. The third-order valence-corrected chi connectivity index (χ3v) is 3.57. The molecule has 2 unspecified atom stereocenters. The molecule has 2 rings (SSSR count). The number of amides is 3. The Bertz CT molecular complexity index is 535. The zero-order valence-corrected chi connectivity index (χ0v) is 12.2. The summed E-state index contributed by atoms with van der Waals surface area (Å²) in [5.41, 5.74) is 0.520. The van der Waals surface area contributed by atoms with E-state index in [1.165, 1.54) is 17.0 Å². The first kappa shape index (κ1) is 15.3. The maximum absolute atomic E-state index is 13.2. The fourth-order valence-electron chi connectivity index (χ4n) is 2.25. The number of anilines is 1. The molecule has 5 nitrogen and oxygen atoms in total. The topological polar surface area (TPSA) is 61.4 Å². The van der Waals surface area contributed by atoms with E-state index >= 15 is 0 Å². The quantitative estimate of drug-likeness (QED) is 0.892. The summed E-state index contributed by atoms with van der Waals surface area (Å²) < 4.78 is 13.2. The molecule has 0 bridgehead atoms. The van der Waals surface area contributed by atoms with Crippen molar-refractivity contribution in [3.63, 3.8) is 0 Å². The van der Waals surface area contributed by atoms with Gasteiger partial charge in [-0.3, -0.25) is 4.79 Å². The molecule has 0 spiro atoms. The number of benzene rings is 1. The van der Waals surface area contributed by atoms with Gasteiger partial charge in [-0.15, -0.1) is 0 Å². The van der Waals surface area contributed by atoms with Crippen molar-refractivity contribution in [2.75, 3.05) is 11.4 Å². The summed E-state index contributed by atoms with van der Waals surface area (Å²) in [6.45, 7) is 4.25. The standard InChI is InChI=1S/C15H20FN3O2/c1-3-10(2)17-15(21)18-12-8-14(20)19(9-12)13-6-4-5-11(16)7-13/h4-7,10,12H,3,8-9H2,1-2H3,(H2,17,18,21). The number of nitrogens with one attached hydrogen (secondary N) is 2. The van der Waals surface area contributed by atoms with Gasteiger partial charge in [0.1, 0.15) is 5.82 Å². The molecule has 1 fully saturated rings. The van der Waals surface area contributed by atoms with Crippen LogP contribution in [0.25, 0.3) is 0 Å². The third-order valence-electron chi connectivity index (χ3n) is 3.57. The molecule has 0 aliphatic carbocycles. The number of hydrogen-bond donors (Lipinski definition) is 2. The fraction of sp³-hybridized carbons (Fsp3) is 0.467. The number of urea groups is 1. The molecule has 0 aromatic heterocycles. The van der Waals surface area contributed by atoms with E-state index in [2.05, 4.69) is 10.6 Å². The number of rotatable bonds is 4. The second kappa shape index (κ2) is 6.56. The average Bonchev–Trinajstić information content (AvgIpc) is 2.79. The second-order valence-electron chi connectivity index (χ2n) is 5.31. The molecule has 3 amide bonds. The Morgan fingerprint density at radius 1 is 1.52 bits per heavy atom. The van der Waals surface area contributed by atoms with Gasteiger partial charge in [0.2, 0.25) is 5.91 Å². The number of halogens is 1. The Labute approximate surface area is 123 Å². The maximum Gasteiger partial charge on any atom is 0.315 e. The molecule has 1 aromatic rings. The summed E-state index contributed by atoms with van der Waals surface area (Å²) in [5, 5.41) is 5.58. The molecule has 2 N–H and O–H groups in total. The Kier molecular flexibility index (Phi) is 4.77. The van der Waals surface area contributed by atoms with Crippen LogP contribution in [0.1, 0.15) is 26.7 Å². The van der Waals surface area contributed by atoms with Crippen molar-refractivity contribution < 1.29 is 14.0 Å². The SMILES string of the molecule is CCC(C)NC(=O)NC1CC(=O)N(c2cccc(F)c2)C1. The van der Waals surface area contributed by atoms with Crippen LogP contribution in [0, 0.1) is 5.82 Å². The molecule has 6 heteroatoms. The van der Waals surface area contributed by atoms with Crippen molar-refractivity contribution in [1.29, 1.82) is 0 Å². The first-order valence-electron chi connectivity index (χ1n) is 7.12. The van der Waals surface area contributed by atoms with E-state index in [-0.39, 0.29) is 36.3 Å². The van der Waals surface area contributed by atoms with Crippen molar-refractivity contribution in [3.05, 3.63) is 30.1 Å². The highest BCUT2D eigenvalue weighted by atomic mass is 19.1. The predicted octanol–water partition coefficient (Wildman–Crippen LogP) is 2.03. The number of carbonyl (C=O) groups excluding carboxylic acids is 2. The molecule has 1 heterocycles. The second-order valence-corrected chi connectivity index (χ2v) is 5.31. The van der Waals surface area contributed by atoms with E-state index < -0.39 is 0 Å². The van der Waals surface area contributed by atoms with Gasteiger partial charge in [0, 0.05) is 24.7 Å². The first-order valence-corrected chi connectivity index (χ1v) is 7.12. The van der Waals surface area contributed by atoms with E-state index in [4.69, 9.17) is 0 Å². The highest BCUT2D eigenvalue weighted by Gasteiger charge is 2.31. The minimum atomic E-state index is -0.383. The van der Waals surface area contributed by atoms with E-state index in [1.807, 2.05) is 13.8 Å². The van der Waals surface area contributed by atoms with Crippen molar-refractivity contribution in [1.82, 2.24) is 10.6 Å². The van der Waals surface area contributed by atoms with E-state index in [0.717, 1.165) is 6.42 Å². The highest BCUT2D eigenvalue weighted by Crippen LogP contribution is 2.22. The van der Waals surface area contributed by atoms with Gasteiger partial charge in [-0.2, -0.15) is 0 Å². The summed E-state index contributed by atoms with van der Waals surface area (Å²) in [7, 11) is 0. The summed E-state index contributed by atoms with van der Waals surface area (Å²) in [6.07, 6.45) is 1.07. The van der Waals surface area contributed by atoms with Crippen LogP contribution >= 0.6 is 0 Å².